The van der Waals surface area contributed by atoms with Crippen LogP contribution in [0.3, 0.4) is 0 Å². The molecule has 0 spiro atoms. The molecule has 1 aromatic carbocycles. The molecule has 0 saturated heterocycles. The Morgan fingerprint density at radius 3 is 2.89 bits per heavy atom. The zero-order valence-electron chi connectivity index (χ0n) is 11.3. The third kappa shape index (κ3) is 2.85. The molecule has 100 valence electrons. The maximum Gasteiger partial charge on any atom is 0.0662 e. The SMILES string of the molecule is COC1CCCC(CO)(Nc2ccccc2C)C1. The van der Waals surface area contributed by atoms with Crippen molar-refractivity contribution < 1.29 is 9.84 Å². The van der Waals surface area contributed by atoms with Crippen LogP contribution in [0.15, 0.2) is 24.3 Å². The number of aliphatic hydroxyl groups excluding tert-OH is 1. The van der Waals surface area contributed by atoms with E-state index in [1.54, 1.807) is 7.11 Å². The monoisotopic (exact) mass is 249 g/mol. The van der Waals surface area contributed by atoms with Gasteiger partial charge in [0.2, 0.25) is 0 Å². The Labute approximate surface area is 109 Å². The fourth-order valence-electron chi connectivity index (χ4n) is 2.80. The van der Waals surface area contributed by atoms with Crippen molar-refractivity contribution in [2.24, 2.45) is 0 Å². The summed E-state index contributed by atoms with van der Waals surface area (Å²) in [6.45, 7) is 2.24. The van der Waals surface area contributed by atoms with E-state index in [1.165, 1.54) is 5.56 Å². The molecule has 1 aliphatic rings. The summed E-state index contributed by atoms with van der Waals surface area (Å²) in [5.74, 6) is 0. The highest BCUT2D eigenvalue weighted by Crippen LogP contribution is 2.33. The Morgan fingerprint density at radius 1 is 1.44 bits per heavy atom. The van der Waals surface area contributed by atoms with E-state index in [2.05, 4.69) is 24.4 Å². The van der Waals surface area contributed by atoms with Crippen LogP contribution in [0, 0.1) is 6.92 Å². The number of para-hydroxylation sites is 1. The number of hydrogen-bond donors (Lipinski definition) is 2. The van der Waals surface area contributed by atoms with E-state index >= 15 is 0 Å². The average molecular weight is 249 g/mol. The third-order valence-electron chi connectivity index (χ3n) is 3.98. The number of methoxy groups -OCH3 is 1. The largest absolute Gasteiger partial charge is 0.394 e. The lowest BCUT2D eigenvalue weighted by Crippen LogP contribution is -2.48. The lowest BCUT2D eigenvalue weighted by molar-refractivity contribution is 0.0307. The smallest absolute Gasteiger partial charge is 0.0662 e. The summed E-state index contributed by atoms with van der Waals surface area (Å²) in [4.78, 5) is 0. The molecule has 1 aromatic rings. The number of anilines is 1. The molecule has 18 heavy (non-hydrogen) atoms. The molecule has 1 fully saturated rings. The van der Waals surface area contributed by atoms with E-state index in [-0.39, 0.29) is 18.2 Å². The summed E-state index contributed by atoms with van der Waals surface area (Å²) in [7, 11) is 1.76. The van der Waals surface area contributed by atoms with Crippen LogP contribution in [0.25, 0.3) is 0 Å². The van der Waals surface area contributed by atoms with Crippen molar-refractivity contribution in [2.75, 3.05) is 19.0 Å². The van der Waals surface area contributed by atoms with Crippen LogP contribution in [0.4, 0.5) is 5.69 Å². The van der Waals surface area contributed by atoms with Crippen molar-refractivity contribution >= 4 is 5.69 Å². The summed E-state index contributed by atoms with van der Waals surface area (Å²) in [5.41, 5.74) is 2.10. The van der Waals surface area contributed by atoms with E-state index in [0.717, 1.165) is 31.4 Å². The molecule has 0 bridgehead atoms. The van der Waals surface area contributed by atoms with Crippen molar-refractivity contribution in [1.82, 2.24) is 0 Å². The molecule has 0 aromatic heterocycles. The van der Waals surface area contributed by atoms with Gasteiger partial charge in [-0.1, -0.05) is 18.2 Å². The van der Waals surface area contributed by atoms with E-state index in [9.17, 15) is 5.11 Å². The van der Waals surface area contributed by atoms with Gasteiger partial charge in [0.1, 0.15) is 0 Å². The minimum atomic E-state index is -0.231. The molecule has 3 nitrogen and oxygen atoms in total. The molecule has 1 aliphatic carbocycles. The molecule has 0 amide bonds. The van der Waals surface area contributed by atoms with Crippen LogP contribution in [-0.4, -0.2) is 30.5 Å². The zero-order chi connectivity index (χ0) is 13.0. The Bertz CT molecular complexity index is 394. The van der Waals surface area contributed by atoms with E-state index in [4.69, 9.17) is 4.74 Å². The Balaban J connectivity index is 2.15. The average Bonchev–Trinajstić information content (AvgIpc) is 2.42. The molecule has 2 atom stereocenters. The van der Waals surface area contributed by atoms with Gasteiger partial charge >= 0.3 is 0 Å². The van der Waals surface area contributed by atoms with Crippen molar-refractivity contribution in [1.29, 1.82) is 0 Å². The number of rotatable bonds is 4. The molecule has 2 unspecified atom stereocenters. The Morgan fingerprint density at radius 2 is 2.22 bits per heavy atom. The van der Waals surface area contributed by atoms with Crippen LogP contribution in [0.5, 0.6) is 0 Å². The van der Waals surface area contributed by atoms with Crippen LogP contribution < -0.4 is 5.32 Å². The Hall–Kier alpha value is -1.06. The first-order valence-corrected chi connectivity index (χ1v) is 6.66. The van der Waals surface area contributed by atoms with Crippen molar-refractivity contribution in [3.05, 3.63) is 29.8 Å². The first-order valence-electron chi connectivity index (χ1n) is 6.66. The summed E-state index contributed by atoms with van der Waals surface area (Å²) in [5, 5.41) is 13.3. The minimum Gasteiger partial charge on any atom is -0.394 e. The molecule has 3 heteroatoms. The van der Waals surface area contributed by atoms with Gasteiger partial charge in [-0.15, -0.1) is 0 Å². The highest BCUT2D eigenvalue weighted by molar-refractivity contribution is 5.52. The first-order chi connectivity index (χ1) is 8.69. The predicted molar refractivity (Wildman–Crippen MR) is 73.9 cm³/mol. The number of aryl methyl sites for hydroxylation is 1. The van der Waals surface area contributed by atoms with Crippen LogP contribution >= 0.6 is 0 Å². The third-order valence-corrected chi connectivity index (χ3v) is 3.98. The molecule has 1 saturated carbocycles. The van der Waals surface area contributed by atoms with Gasteiger partial charge in [-0.3, -0.25) is 0 Å². The molecular formula is C15H23NO2. The first kappa shape index (κ1) is 13.4. The maximum atomic E-state index is 9.79. The molecular weight excluding hydrogens is 226 g/mol. The molecule has 2 N–H and O–H groups in total. The van der Waals surface area contributed by atoms with Gasteiger partial charge in [0.25, 0.3) is 0 Å². The van der Waals surface area contributed by atoms with Crippen LogP contribution in [-0.2, 0) is 4.74 Å². The van der Waals surface area contributed by atoms with Gasteiger partial charge in [-0.05, 0) is 44.2 Å². The number of ether oxygens (including phenoxy) is 1. The lowest BCUT2D eigenvalue weighted by atomic mass is 9.80. The lowest BCUT2D eigenvalue weighted by Gasteiger charge is -2.41. The van der Waals surface area contributed by atoms with Gasteiger partial charge in [-0.25, -0.2) is 0 Å². The maximum absolute atomic E-state index is 9.79. The molecule has 2 rings (SSSR count). The van der Waals surface area contributed by atoms with E-state index < -0.39 is 0 Å². The summed E-state index contributed by atoms with van der Waals surface area (Å²) >= 11 is 0. The second-order valence-corrected chi connectivity index (χ2v) is 5.33. The summed E-state index contributed by atoms with van der Waals surface area (Å²) in [6.07, 6.45) is 4.31. The minimum absolute atomic E-state index is 0.154. The number of hydrogen-bond acceptors (Lipinski definition) is 3. The Kier molecular flexibility index (Phi) is 4.25. The number of aliphatic hydroxyl groups is 1. The van der Waals surface area contributed by atoms with Gasteiger partial charge in [0, 0.05) is 12.8 Å². The second kappa shape index (κ2) is 5.72. The van der Waals surface area contributed by atoms with Gasteiger partial charge in [-0.2, -0.15) is 0 Å². The standard InChI is InChI=1S/C15H23NO2/c1-12-6-3-4-8-14(12)16-15(11-17)9-5-7-13(10-15)18-2/h3-4,6,8,13,16-17H,5,7,9-11H2,1-2H3. The highest BCUT2D eigenvalue weighted by Gasteiger charge is 2.36. The summed E-state index contributed by atoms with van der Waals surface area (Å²) in [6, 6.07) is 8.22. The highest BCUT2D eigenvalue weighted by atomic mass is 16.5. The quantitative estimate of drug-likeness (QED) is 0.862. The number of benzene rings is 1. The summed E-state index contributed by atoms with van der Waals surface area (Å²) < 4.78 is 5.47. The topological polar surface area (TPSA) is 41.5 Å². The van der Waals surface area contributed by atoms with Crippen molar-refractivity contribution in [3.63, 3.8) is 0 Å². The molecule has 0 heterocycles. The van der Waals surface area contributed by atoms with Crippen molar-refractivity contribution in [3.8, 4) is 0 Å². The van der Waals surface area contributed by atoms with E-state index in [1.807, 2.05) is 12.1 Å². The van der Waals surface area contributed by atoms with Crippen molar-refractivity contribution in [2.45, 2.75) is 44.2 Å². The van der Waals surface area contributed by atoms with Crippen LogP contribution in [0.1, 0.15) is 31.2 Å². The van der Waals surface area contributed by atoms with E-state index in [0.29, 0.717) is 0 Å². The number of nitrogens with one attached hydrogen (secondary N) is 1. The van der Waals surface area contributed by atoms with Gasteiger partial charge < -0.3 is 15.2 Å². The predicted octanol–water partition coefficient (Wildman–Crippen LogP) is 2.73. The van der Waals surface area contributed by atoms with Gasteiger partial charge in [0.15, 0.2) is 0 Å². The fourth-order valence-corrected chi connectivity index (χ4v) is 2.80. The fraction of sp³-hybridized carbons (Fsp3) is 0.600. The normalized spacial score (nSPS) is 28.1. The molecule has 0 radical (unpaired) electrons. The van der Waals surface area contributed by atoms with Gasteiger partial charge in [0.05, 0.1) is 18.2 Å². The zero-order valence-corrected chi connectivity index (χ0v) is 11.3. The molecule has 0 aliphatic heterocycles. The van der Waals surface area contributed by atoms with Crippen LogP contribution in [0.2, 0.25) is 0 Å². The second-order valence-electron chi connectivity index (χ2n) is 5.33.